The molecule has 33 heavy (non-hydrogen) atoms. The molecular formula is C24H31N7O2. The Hall–Kier alpha value is -3.59. The first-order valence-electron chi connectivity index (χ1n) is 11.1. The molecule has 1 aliphatic heterocycles. The van der Waals surface area contributed by atoms with Gasteiger partial charge in [0.1, 0.15) is 0 Å². The van der Waals surface area contributed by atoms with Crippen molar-refractivity contribution in [3.05, 3.63) is 59.5 Å². The van der Waals surface area contributed by atoms with Gasteiger partial charge in [-0.2, -0.15) is 0 Å². The Morgan fingerprint density at radius 2 is 1.91 bits per heavy atom. The predicted molar refractivity (Wildman–Crippen MR) is 129 cm³/mol. The van der Waals surface area contributed by atoms with Crippen molar-refractivity contribution in [3.63, 3.8) is 0 Å². The van der Waals surface area contributed by atoms with Gasteiger partial charge in [0.05, 0.1) is 17.4 Å². The van der Waals surface area contributed by atoms with E-state index in [0.717, 1.165) is 60.6 Å². The highest BCUT2D eigenvalue weighted by molar-refractivity contribution is 5.89. The van der Waals surface area contributed by atoms with Crippen molar-refractivity contribution < 1.29 is 9.59 Å². The van der Waals surface area contributed by atoms with Crippen LogP contribution < -0.4 is 10.6 Å². The first kappa shape index (κ1) is 22.6. The summed E-state index contributed by atoms with van der Waals surface area (Å²) in [5.41, 5.74) is 4.74. The number of hydrogen-bond acceptors (Lipinski definition) is 4. The number of carbonyl (C=O) groups excluding carboxylic acids is 2. The van der Waals surface area contributed by atoms with E-state index < -0.39 is 0 Å². The smallest absolute Gasteiger partial charge is 0.319 e. The van der Waals surface area contributed by atoms with Crippen molar-refractivity contribution in [1.29, 1.82) is 0 Å². The zero-order chi connectivity index (χ0) is 23.4. The minimum atomic E-state index is -0.269. The van der Waals surface area contributed by atoms with Gasteiger partial charge in [0.2, 0.25) is 0 Å². The lowest BCUT2D eigenvalue weighted by Gasteiger charge is -2.35. The monoisotopic (exact) mass is 449 g/mol. The number of aromatic nitrogens is 2. The molecule has 1 fully saturated rings. The Balaban J connectivity index is 1.34. The van der Waals surface area contributed by atoms with E-state index in [1.165, 1.54) is 0 Å². The Kier molecular flexibility index (Phi) is 6.79. The van der Waals surface area contributed by atoms with Crippen molar-refractivity contribution in [2.45, 2.75) is 20.0 Å². The van der Waals surface area contributed by atoms with E-state index in [9.17, 15) is 9.59 Å². The molecule has 0 saturated carbocycles. The van der Waals surface area contributed by atoms with Crippen LogP contribution in [0.4, 0.5) is 15.3 Å². The van der Waals surface area contributed by atoms with Gasteiger partial charge in [-0.1, -0.05) is 18.2 Å². The maximum atomic E-state index is 12.3. The van der Waals surface area contributed by atoms with Crippen LogP contribution in [0.3, 0.4) is 0 Å². The molecule has 2 aromatic heterocycles. The fraction of sp³-hybridized carbons (Fsp3) is 0.375. The van der Waals surface area contributed by atoms with Gasteiger partial charge < -0.3 is 25.4 Å². The van der Waals surface area contributed by atoms with Gasteiger partial charge in [0.25, 0.3) is 0 Å². The quantitative estimate of drug-likeness (QED) is 0.558. The first-order chi connectivity index (χ1) is 15.9. The normalized spacial score (nSPS) is 14.3. The van der Waals surface area contributed by atoms with Crippen LogP contribution in [0.25, 0.3) is 10.9 Å². The third-order valence-electron chi connectivity index (χ3n) is 5.83. The number of aromatic amines is 1. The van der Waals surface area contributed by atoms with Gasteiger partial charge in [-0.15, -0.1) is 0 Å². The summed E-state index contributed by atoms with van der Waals surface area (Å²) in [7, 11) is 3.57. The summed E-state index contributed by atoms with van der Waals surface area (Å²) >= 11 is 0. The molecule has 0 bridgehead atoms. The largest absolute Gasteiger partial charge is 0.357 e. The molecule has 0 unspecified atom stereocenters. The molecule has 3 aromatic rings. The standard InChI is InChI=1S/C24H31N7O2/c1-17-7-8-20(15-25-17)28-23(32)26-14-19-6-4-5-18-13-21(27-22(18)19)16-30-9-11-31(12-10-30)24(33)29(2)3/h4-8,13,15,27H,9-12,14,16H2,1-3H3,(H2,26,28,32). The van der Waals surface area contributed by atoms with Crippen LogP contribution in [0.1, 0.15) is 17.0 Å². The molecule has 1 aliphatic rings. The van der Waals surface area contributed by atoms with E-state index in [1.54, 1.807) is 25.2 Å². The number of nitrogens with zero attached hydrogens (tertiary/aromatic N) is 4. The number of hydrogen-bond donors (Lipinski definition) is 3. The summed E-state index contributed by atoms with van der Waals surface area (Å²) < 4.78 is 0. The van der Waals surface area contributed by atoms with Crippen LogP contribution >= 0.6 is 0 Å². The topological polar surface area (TPSA) is 96.6 Å². The van der Waals surface area contributed by atoms with E-state index in [4.69, 9.17) is 0 Å². The number of para-hydroxylation sites is 1. The van der Waals surface area contributed by atoms with Crippen LogP contribution in [0, 0.1) is 6.92 Å². The van der Waals surface area contributed by atoms with Crippen molar-refractivity contribution >= 4 is 28.7 Å². The van der Waals surface area contributed by atoms with Gasteiger partial charge in [0.15, 0.2) is 0 Å². The van der Waals surface area contributed by atoms with Crippen LogP contribution in [0.15, 0.2) is 42.6 Å². The molecule has 9 nitrogen and oxygen atoms in total. The van der Waals surface area contributed by atoms with E-state index in [1.807, 2.05) is 36.1 Å². The fourth-order valence-corrected chi connectivity index (χ4v) is 4.02. The average Bonchev–Trinajstić information content (AvgIpc) is 3.22. The summed E-state index contributed by atoms with van der Waals surface area (Å²) in [5, 5.41) is 6.84. The van der Waals surface area contributed by atoms with E-state index >= 15 is 0 Å². The van der Waals surface area contributed by atoms with Crippen LogP contribution in [0.2, 0.25) is 0 Å². The van der Waals surface area contributed by atoms with Crippen LogP contribution in [-0.4, -0.2) is 77.0 Å². The van der Waals surface area contributed by atoms with Crippen molar-refractivity contribution in [1.82, 2.24) is 30.0 Å². The second kappa shape index (κ2) is 9.91. The maximum Gasteiger partial charge on any atom is 0.319 e. The fourth-order valence-electron chi connectivity index (χ4n) is 4.02. The number of piperazine rings is 1. The minimum absolute atomic E-state index is 0.0695. The second-order valence-electron chi connectivity index (χ2n) is 8.61. The van der Waals surface area contributed by atoms with Gasteiger partial charge >= 0.3 is 12.1 Å². The Bertz CT molecular complexity index is 1120. The second-order valence-corrected chi connectivity index (χ2v) is 8.61. The van der Waals surface area contributed by atoms with E-state index in [0.29, 0.717) is 12.2 Å². The molecule has 1 aromatic carbocycles. The lowest BCUT2D eigenvalue weighted by atomic mass is 10.1. The molecule has 174 valence electrons. The summed E-state index contributed by atoms with van der Waals surface area (Å²) in [6.45, 7) is 6.27. The highest BCUT2D eigenvalue weighted by atomic mass is 16.2. The summed E-state index contributed by atoms with van der Waals surface area (Å²) in [6, 6.07) is 11.7. The molecule has 3 heterocycles. The van der Waals surface area contributed by atoms with Crippen molar-refractivity contribution in [3.8, 4) is 0 Å². The molecular weight excluding hydrogens is 418 g/mol. The van der Waals surface area contributed by atoms with Gasteiger partial charge in [-0.3, -0.25) is 9.88 Å². The number of H-pyrrole nitrogens is 1. The zero-order valence-corrected chi connectivity index (χ0v) is 19.4. The molecule has 3 N–H and O–H groups in total. The van der Waals surface area contributed by atoms with Gasteiger partial charge in [-0.05, 0) is 30.7 Å². The average molecular weight is 450 g/mol. The Morgan fingerprint density at radius 3 is 2.61 bits per heavy atom. The SMILES string of the molecule is Cc1ccc(NC(=O)NCc2cccc3cc(CN4CCN(C(=O)N(C)C)CC4)[nH]c23)cn1. The third kappa shape index (κ3) is 5.61. The lowest BCUT2D eigenvalue weighted by Crippen LogP contribution is -2.51. The predicted octanol–water partition coefficient (Wildman–Crippen LogP) is 2.99. The maximum absolute atomic E-state index is 12.3. The number of benzene rings is 1. The number of rotatable bonds is 5. The van der Waals surface area contributed by atoms with Gasteiger partial charge in [0, 0.05) is 70.1 Å². The number of carbonyl (C=O) groups is 2. The van der Waals surface area contributed by atoms with Gasteiger partial charge in [-0.25, -0.2) is 9.59 Å². The number of fused-ring (bicyclic) bond motifs is 1. The molecule has 9 heteroatoms. The highest BCUT2D eigenvalue weighted by Gasteiger charge is 2.22. The lowest BCUT2D eigenvalue weighted by molar-refractivity contribution is 0.119. The number of pyridine rings is 1. The molecule has 4 amide bonds. The van der Waals surface area contributed by atoms with Crippen molar-refractivity contribution in [2.75, 3.05) is 45.6 Å². The summed E-state index contributed by atoms with van der Waals surface area (Å²) in [5.74, 6) is 0. The number of nitrogens with one attached hydrogen (secondary N) is 3. The first-order valence-corrected chi connectivity index (χ1v) is 11.1. The summed E-state index contributed by atoms with van der Waals surface area (Å²) in [6.07, 6.45) is 1.64. The highest BCUT2D eigenvalue weighted by Crippen LogP contribution is 2.21. The number of aryl methyl sites for hydroxylation is 1. The third-order valence-corrected chi connectivity index (χ3v) is 5.83. The van der Waals surface area contributed by atoms with Crippen molar-refractivity contribution in [2.24, 2.45) is 0 Å². The molecule has 0 radical (unpaired) electrons. The number of urea groups is 2. The molecule has 1 saturated heterocycles. The minimum Gasteiger partial charge on any atom is -0.357 e. The molecule has 0 aliphatic carbocycles. The Morgan fingerprint density at radius 1 is 1.12 bits per heavy atom. The zero-order valence-electron chi connectivity index (χ0n) is 19.4. The van der Waals surface area contributed by atoms with Crippen LogP contribution in [-0.2, 0) is 13.1 Å². The number of anilines is 1. The molecule has 0 spiro atoms. The summed E-state index contributed by atoms with van der Waals surface area (Å²) in [4.78, 5) is 38.0. The van der Waals surface area contributed by atoms with E-state index in [2.05, 4.69) is 37.6 Å². The van der Waals surface area contributed by atoms with Crippen LogP contribution in [0.5, 0.6) is 0 Å². The number of amides is 4. The van der Waals surface area contributed by atoms with E-state index in [-0.39, 0.29) is 12.1 Å². The molecule has 4 rings (SSSR count). The Labute approximate surface area is 193 Å². The molecule has 0 atom stereocenters.